The molecule has 2 unspecified atom stereocenters. The molecule has 2 atom stereocenters. The van der Waals surface area contributed by atoms with Gasteiger partial charge >= 0.3 is 0 Å². The predicted molar refractivity (Wildman–Crippen MR) is 107 cm³/mol. The second kappa shape index (κ2) is 10.2. The van der Waals surface area contributed by atoms with E-state index in [9.17, 15) is 9.00 Å². The van der Waals surface area contributed by atoms with E-state index in [-0.39, 0.29) is 24.5 Å². The van der Waals surface area contributed by atoms with Crippen LogP contribution < -0.4 is 5.32 Å². The highest BCUT2D eigenvalue weighted by Gasteiger charge is 2.28. The molecule has 2 heterocycles. The van der Waals surface area contributed by atoms with Gasteiger partial charge in [-0.25, -0.2) is 0 Å². The molecule has 0 aliphatic carbocycles. The number of hydrogen-bond acceptors (Lipinski definition) is 5. The number of amides is 1. The van der Waals surface area contributed by atoms with Crippen molar-refractivity contribution in [2.24, 2.45) is 5.92 Å². The Hall–Kier alpha value is -0.700. The van der Waals surface area contributed by atoms with Gasteiger partial charge in [0, 0.05) is 54.4 Å². The van der Waals surface area contributed by atoms with Crippen molar-refractivity contribution in [3.8, 4) is 0 Å². The Morgan fingerprint density at radius 3 is 2.81 bits per heavy atom. The number of halogens is 2. The Labute approximate surface area is 171 Å². The molecule has 1 N–H and O–H groups in total. The first-order chi connectivity index (χ1) is 13.0. The molecule has 1 aromatic rings. The van der Waals surface area contributed by atoms with E-state index in [1.807, 2.05) is 12.1 Å². The summed E-state index contributed by atoms with van der Waals surface area (Å²) in [7, 11) is -0.798. The lowest BCUT2D eigenvalue weighted by atomic mass is 9.96. The second-order valence-corrected chi connectivity index (χ2v) is 9.18. The number of carbonyl (C=O) groups excluding carboxylic acids is 1. The minimum absolute atomic E-state index is 0.0250. The van der Waals surface area contributed by atoms with Crippen LogP contribution in [0.15, 0.2) is 18.2 Å². The fourth-order valence-electron chi connectivity index (χ4n) is 3.27. The summed E-state index contributed by atoms with van der Waals surface area (Å²) in [6, 6.07) is 5.50. The highest BCUT2D eigenvalue weighted by atomic mass is 35.5. The summed E-state index contributed by atoms with van der Waals surface area (Å²) >= 11 is 12.2. The third-order valence-corrected chi connectivity index (χ3v) is 6.79. The van der Waals surface area contributed by atoms with Crippen LogP contribution in [0.1, 0.15) is 11.7 Å². The zero-order chi connectivity index (χ0) is 19.2. The molecule has 6 nitrogen and oxygen atoms in total. The Balaban J connectivity index is 1.56. The molecule has 2 fully saturated rings. The molecule has 27 heavy (non-hydrogen) atoms. The minimum Gasteiger partial charge on any atom is -0.372 e. The highest BCUT2D eigenvalue weighted by molar-refractivity contribution is 7.85. The molecule has 2 aliphatic rings. The smallest absolute Gasteiger partial charge is 0.248 e. The molecule has 150 valence electrons. The van der Waals surface area contributed by atoms with Crippen molar-refractivity contribution in [1.29, 1.82) is 0 Å². The lowest BCUT2D eigenvalue weighted by Gasteiger charge is -2.28. The third-order valence-electron chi connectivity index (χ3n) is 4.77. The first-order valence-electron chi connectivity index (χ1n) is 9.02. The number of nitrogens with zero attached hydrogens (tertiary/aromatic N) is 1. The molecule has 0 spiro atoms. The zero-order valence-electron chi connectivity index (χ0n) is 15.0. The van der Waals surface area contributed by atoms with Gasteiger partial charge in [0.25, 0.3) is 0 Å². The lowest BCUT2D eigenvalue weighted by Crippen LogP contribution is -2.43. The van der Waals surface area contributed by atoms with Gasteiger partial charge in [-0.05, 0) is 17.7 Å². The summed E-state index contributed by atoms with van der Waals surface area (Å²) in [6.07, 6.45) is -0.178. The van der Waals surface area contributed by atoms with E-state index < -0.39 is 10.8 Å². The molecule has 3 rings (SSSR count). The molecular weight excluding hydrogens is 411 g/mol. The Morgan fingerprint density at radius 1 is 1.30 bits per heavy atom. The van der Waals surface area contributed by atoms with E-state index in [0.29, 0.717) is 47.9 Å². The highest BCUT2D eigenvalue weighted by Crippen LogP contribution is 2.32. The molecule has 0 bridgehead atoms. The summed E-state index contributed by atoms with van der Waals surface area (Å²) in [6.45, 7) is 3.56. The normalized spacial score (nSPS) is 24.6. The maximum atomic E-state index is 12.3. The van der Waals surface area contributed by atoms with Gasteiger partial charge in [-0.1, -0.05) is 29.3 Å². The Bertz CT molecular complexity index is 681. The molecule has 1 aromatic carbocycles. The maximum absolute atomic E-state index is 12.3. The van der Waals surface area contributed by atoms with Crippen LogP contribution in [0.2, 0.25) is 10.0 Å². The fraction of sp³-hybridized carbons (Fsp3) is 0.611. The monoisotopic (exact) mass is 434 g/mol. The summed E-state index contributed by atoms with van der Waals surface area (Å²) < 4.78 is 23.1. The summed E-state index contributed by atoms with van der Waals surface area (Å²) in [5.41, 5.74) is 0.950. The van der Waals surface area contributed by atoms with Crippen molar-refractivity contribution >= 4 is 39.9 Å². The van der Waals surface area contributed by atoms with Crippen molar-refractivity contribution in [2.45, 2.75) is 6.10 Å². The van der Waals surface area contributed by atoms with Gasteiger partial charge in [0.05, 0.1) is 29.4 Å². The van der Waals surface area contributed by atoms with Gasteiger partial charge in [0.2, 0.25) is 5.91 Å². The number of hydrogen-bond donors (Lipinski definition) is 1. The molecular formula is C18H24Cl2N2O4S. The molecule has 0 aromatic heterocycles. The van der Waals surface area contributed by atoms with Crippen LogP contribution >= 0.6 is 23.2 Å². The molecule has 0 saturated carbocycles. The van der Waals surface area contributed by atoms with Gasteiger partial charge in [-0.3, -0.25) is 9.00 Å². The minimum atomic E-state index is -0.798. The van der Waals surface area contributed by atoms with Gasteiger partial charge in [0.1, 0.15) is 6.61 Å². The van der Waals surface area contributed by atoms with Crippen LogP contribution in [-0.4, -0.2) is 72.5 Å². The Kier molecular flexibility index (Phi) is 7.93. The van der Waals surface area contributed by atoms with E-state index in [2.05, 4.69) is 5.32 Å². The van der Waals surface area contributed by atoms with E-state index in [1.165, 1.54) is 0 Å². The van der Waals surface area contributed by atoms with Crippen LogP contribution in [0.4, 0.5) is 0 Å². The van der Waals surface area contributed by atoms with Crippen molar-refractivity contribution in [2.75, 3.05) is 57.5 Å². The van der Waals surface area contributed by atoms with Crippen LogP contribution in [0.5, 0.6) is 0 Å². The largest absolute Gasteiger partial charge is 0.372 e. The molecule has 9 heteroatoms. The van der Waals surface area contributed by atoms with Crippen molar-refractivity contribution in [3.63, 3.8) is 0 Å². The van der Waals surface area contributed by atoms with E-state index in [4.69, 9.17) is 32.7 Å². The van der Waals surface area contributed by atoms with Crippen molar-refractivity contribution < 1.29 is 18.5 Å². The van der Waals surface area contributed by atoms with E-state index in [1.54, 1.807) is 11.0 Å². The summed E-state index contributed by atoms with van der Waals surface area (Å²) in [5, 5.41) is 4.34. The van der Waals surface area contributed by atoms with Crippen LogP contribution in [0, 0.1) is 5.92 Å². The average Bonchev–Trinajstić information content (AvgIpc) is 2.90. The first kappa shape index (κ1) is 21.0. The summed E-state index contributed by atoms with van der Waals surface area (Å²) in [4.78, 5) is 14.0. The average molecular weight is 435 g/mol. The number of rotatable bonds is 5. The zero-order valence-corrected chi connectivity index (χ0v) is 17.3. The number of ether oxygens (including phenoxy) is 2. The first-order valence-corrected chi connectivity index (χ1v) is 11.3. The van der Waals surface area contributed by atoms with Crippen molar-refractivity contribution in [1.82, 2.24) is 10.2 Å². The standard InChI is InChI=1S/C18H24Cl2N2O4S/c19-15-2-1-13(9-16(15)20)18-14(10-21-3-6-26-18)11-25-12-17(23)22-4-7-27(24)8-5-22/h1-2,9,14,18,21H,3-8,10-12H2. The lowest BCUT2D eigenvalue weighted by molar-refractivity contribution is -0.136. The second-order valence-electron chi connectivity index (χ2n) is 6.67. The Morgan fingerprint density at radius 2 is 2.07 bits per heavy atom. The van der Waals surface area contributed by atoms with E-state index >= 15 is 0 Å². The van der Waals surface area contributed by atoms with Crippen LogP contribution in [-0.2, 0) is 25.1 Å². The molecule has 2 saturated heterocycles. The van der Waals surface area contributed by atoms with Crippen LogP contribution in [0.3, 0.4) is 0 Å². The topological polar surface area (TPSA) is 67.9 Å². The third kappa shape index (κ3) is 5.89. The van der Waals surface area contributed by atoms with Crippen LogP contribution in [0.25, 0.3) is 0 Å². The van der Waals surface area contributed by atoms with E-state index in [0.717, 1.165) is 18.7 Å². The van der Waals surface area contributed by atoms with Gasteiger partial charge in [-0.15, -0.1) is 0 Å². The molecule has 1 amide bonds. The molecule has 0 radical (unpaired) electrons. The van der Waals surface area contributed by atoms with Gasteiger partial charge < -0.3 is 19.7 Å². The number of carbonyl (C=O) groups is 1. The SMILES string of the molecule is O=C(COCC1CNCCOC1c1ccc(Cl)c(Cl)c1)N1CCS(=O)CC1. The fourth-order valence-corrected chi connectivity index (χ4v) is 4.63. The van der Waals surface area contributed by atoms with Crippen molar-refractivity contribution in [3.05, 3.63) is 33.8 Å². The quantitative estimate of drug-likeness (QED) is 0.765. The summed E-state index contributed by atoms with van der Waals surface area (Å²) in [5.74, 6) is 1.09. The number of nitrogens with one attached hydrogen (secondary N) is 1. The predicted octanol–water partition coefficient (Wildman–Crippen LogP) is 1.88. The molecule has 2 aliphatic heterocycles. The number of benzene rings is 1. The maximum Gasteiger partial charge on any atom is 0.248 e. The van der Waals surface area contributed by atoms with Gasteiger partial charge in [-0.2, -0.15) is 0 Å². The van der Waals surface area contributed by atoms with Gasteiger partial charge in [0.15, 0.2) is 0 Å².